The monoisotopic (exact) mass is 353 g/mol. The average Bonchev–Trinajstić information content (AvgIpc) is 2.49. The summed E-state index contributed by atoms with van der Waals surface area (Å²) in [5.41, 5.74) is 1.87. The first-order chi connectivity index (χ1) is 10.2. The van der Waals surface area contributed by atoms with Gasteiger partial charge in [-0.1, -0.05) is 32.3 Å². The number of halogens is 1. The summed E-state index contributed by atoms with van der Waals surface area (Å²) >= 11 is 3.61. The van der Waals surface area contributed by atoms with Gasteiger partial charge in [-0.05, 0) is 71.3 Å². The van der Waals surface area contributed by atoms with E-state index in [0.29, 0.717) is 5.41 Å². The van der Waals surface area contributed by atoms with Gasteiger partial charge < -0.3 is 10.1 Å². The van der Waals surface area contributed by atoms with Gasteiger partial charge in [-0.2, -0.15) is 0 Å². The highest BCUT2D eigenvalue weighted by molar-refractivity contribution is 9.10. The summed E-state index contributed by atoms with van der Waals surface area (Å²) in [6.07, 6.45) is 9.26. The molecule has 0 radical (unpaired) electrons. The van der Waals surface area contributed by atoms with Crippen molar-refractivity contribution in [3.63, 3.8) is 0 Å². The molecule has 1 saturated carbocycles. The Morgan fingerprint density at radius 2 is 2.00 bits per heavy atom. The van der Waals surface area contributed by atoms with Crippen molar-refractivity contribution in [2.24, 2.45) is 5.41 Å². The van der Waals surface area contributed by atoms with Crippen LogP contribution in [0.15, 0.2) is 22.7 Å². The van der Waals surface area contributed by atoms with Gasteiger partial charge in [-0.15, -0.1) is 0 Å². The highest BCUT2D eigenvalue weighted by Gasteiger charge is 2.31. The van der Waals surface area contributed by atoms with Crippen molar-refractivity contribution in [3.8, 4) is 5.75 Å². The molecule has 1 N–H and O–H groups in total. The number of rotatable bonds is 7. The van der Waals surface area contributed by atoms with Crippen LogP contribution in [0.4, 0.5) is 0 Å². The number of hydrogen-bond acceptors (Lipinski definition) is 2. The third-order valence-electron chi connectivity index (χ3n) is 4.64. The van der Waals surface area contributed by atoms with E-state index < -0.39 is 0 Å². The molecule has 1 aromatic carbocycles. The van der Waals surface area contributed by atoms with E-state index in [0.717, 1.165) is 23.3 Å². The maximum atomic E-state index is 5.34. The summed E-state index contributed by atoms with van der Waals surface area (Å²) in [7, 11) is 1.72. The lowest BCUT2D eigenvalue weighted by molar-refractivity contribution is 0.181. The Hall–Kier alpha value is -0.540. The Balaban J connectivity index is 2.08. The first kappa shape index (κ1) is 16.8. The van der Waals surface area contributed by atoms with E-state index in [2.05, 4.69) is 46.4 Å². The number of benzene rings is 1. The molecule has 0 aliphatic heterocycles. The topological polar surface area (TPSA) is 21.3 Å². The molecular formula is C18H28BrNO. The van der Waals surface area contributed by atoms with E-state index in [9.17, 15) is 0 Å². The van der Waals surface area contributed by atoms with Crippen LogP contribution in [-0.4, -0.2) is 20.2 Å². The number of nitrogens with one attached hydrogen (secondary N) is 1. The molecule has 3 heteroatoms. The quantitative estimate of drug-likeness (QED) is 0.700. The van der Waals surface area contributed by atoms with Gasteiger partial charge in [0.2, 0.25) is 0 Å². The lowest BCUT2D eigenvalue weighted by Gasteiger charge is -2.38. The van der Waals surface area contributed by atoms with Gasteiger partial charge in [-0.3, -0.25) is 0 Å². The van der Waals surface area contributed by atoms with Gasteiger partial charge >= 0.3 is 0 Å². The SMILES string of the molecule is CCCNCC1(Cc2ccc(OC)c(Br)c2)CCCCC1. The lowest BCUT2D eigenvalue weighted by Crippen LogP contribution is -2.38. The molecule has 1 aromatic rings. The van der Waals surface area contributed by atoms with Crippen molar-refractivity contribution >= 4 is 15.9 Å². The second kappa shape index (κ2) is 8.19. The number of hydrogen-bond donors (Lipinski definition) is 1. The normalized spacial score (nSPS) is 17.7. The fraction of sp³-hybridized carbons (Fsp3) is 0.667. The molecule has 1 aliphatic carbocycles. The molecule has 1 fully saturated rings. The molecule has 1 aliphatic rings. The van der Waals surface area contributed by atoms with Crippen LogP contribution < -0.4 is 10.1 Å². The van der Waals surface area contributed by atoms with Gasteiger partial charge in [-0.25, -0.2) is 0 Å². The Morgan fingerprint density at radius 3 is 2.62 bits per heavy atom. The molecule has 0 saturated heterocycles. The summed E-state index contributed by atoms with van der Waals surface area (Å²) in [6.45, 7) is 4.53. The lowest BCUT2D eigenvalue weighted by atomic mass is 9.70. The van der Waals surface area contributed by atoms with Crippen molar-refractivity contribution in [1.82, 2.24) is 5.32 Å². The van der Waals surface area contributed by atoms with Gasteiger partial charge in [0.05, 0.1) is 11.6 Å². The smallest absolute Gasteiger partial charge is 0.133 e. The summed E-state index contributed by atoms with van der Waals surface area (Å²) in [5, 5.41) is 3.67. The zero-order chi connectivity index (χ0) is 15.1. The van der Waals surface area contributed by atoms with E-state index in [4.69, 9.17) is 4.74 Å². The fourth-order valence-corrected chi connectivity index (χ4v) is 4.09. The molecular weight excluding hydrogens is 326 g/mol. The third kappa shape index (κ3) is 4.72. The van der Waals surface area contributed by atoms with Crippen molar-refractivity contribution in [2.75, 3.05) is 20.2 Å². The van der Waals surface area contributed by atoms with Gasteiger partial charge in [0.15, 0.2) is 0 Å². The largest absolute Gasteiger partial charge is 0.496 e. The standard InChI is InChI=1S/C18H28BrNO/c1-3-11-20-14-18(9-5-4-6-10-18)13-15-7-8-17(21-2)16(19)12-15/h7-8,12,20H,3-6,9-11,13-14H2,1-2H3. The van der Waals surface area contributed by atoms with Crippen LogP contribution in [-0.2, 0) is 6.42 Å². The van der Waals surface area contributed by atoms with E-state index in [1.807, 2.05) is 0 Å². The first-order valence-corrected chi connectivity index (χ1v) is 9.01. The van der Waals surface area contributed by atoms with E-state index in [1.54, 1.807) is 7.11 Å². The minimum Gasteiger partial charge on any atom is -0.496 e. The molecule has 0 heterocycles. The van der Waals surface area contributed by atoms with E-state index >= 15 is 0 Å². The Kier molecular flexibility index (Phi) is 6.56. The Bertz CT molecular complexity index is 441. The maximum absolute atomic E-state index is 5.34. The summed E-state index contributed by atoms with van der Waals surface area (Å²) in [6, 6.07) is 6.53. The average molecular weight is 354 g/mol. The second-order valence-corrected chi connectivity index (χ2v) is 7.24. The summed E-state index contributed by atoms with van der Waals surface area (Å²) in [4.78, 5) is 0. The van der Waals surface area contributed by atoms with Gasteiger partial charge in [0.25, 0.3) is 0 Å². The molecule has 0 unspecified atom stereocenters. The van der Waals surface area contributed by atoms with Crippen molar-refractivity contribution in [1.29, 1.82) is 0 Å². The molecule has 2 rings (SSSR count). The van der Waals surface area contributed by atoms with Gasteiger partial charge in [0, 0.05) is 6.54 Å². The number of methoxy groups -OCH3 is 1. The zero-order valence-corrected chi connectivity index (χ0v) is 15.0. The number of ether oxygens (including phenoxy) is 1. The minimum absolute atomic E-state index is 0.446. The third-order valence-corrected chi connectivity index (χ3v) is 5.26. The molecule has 21 heavy (non-hydrogen) atoms. The van der Waals surface area contributed by atoms with Crippen molar-refractivity contribution in [2.45, 2.75) is 51.9 Å². The Morgan fingerprint density at radius 1 is 1.24 bits per heavy atom. The summed E-state index contributed by atoms with van der Waals surface area (Å²) < 4.78 is 6.40. The predicted molar refractivity (Wildman–Crippen MR) is 93.1 cm³/mol. The van der Waals surface area contributed by atoms with Crippen LogP contribution in [0.2, 0.25) is 0 Å². The minimum atomic E-state index is 0.446. The summed E-state index contributed by atoms with van der Waals surface area (Å²) in [5.74, 6) is 0.917. The van der Waals surface area contributed by atoms with Crippen LogP contribution in [0.3, 0.4) is 0 Å². The fourth-order valence-electron chi connectivity index (χ4n) is 3.50. The van der Waals surface area contributed by atoms with Crippen LogP contribution in [0.1, 0.15) is 51.0 Å². The molecule has 0 amide bonds. The second-order valence-electron chi connectivity index (χ2n) is 6.38. The maximum Gasteiger partial charge on any atom is 0.133 e. The first-order valence-electron chi connectivity index (χ1n) is 8.22. The van der Waals surface area contributed by atoms with Gasteiger partial charge in [0.1, 0.15) is 5.75 Å². The Labute approximate surface area is 137 Å². The highest BCUT2D eigenvalue weighted by Crippen LogP contribution is 2.39. The van der Waals surface area contributed by atoms with Crippen LogP contribution >= 0.6 is 15.9 Å². The van der Waals surface area contributed by atoms with E-state index in [1.165, 1.54) is 50.5 Å². The highest BCUT2D eigenvalue weighted by atomic mass is 79.9. The molecule has 0 atom stereocenters. The molecule has 118 valence electrons. The van der Waals surface area contributed by atoms with E-state index in [-0.39, 0.29) is 0 Å². The van der Waals surface area contributed by atoms with Crippen molar-refractivity contribution < 1.29 is 4.74 Å². The molecule has 2 nitrogen and oxygen atoms in total. The van der Waals surface area contributed by atoms with Crippen LogP contribution in [0.25, 0.3) is 0 Å². The van der Waals surface area contributed by atoms with Crippen LogP contribution in [0, 0.1) is 5.41 Å². The molecule has 0 spiro atoms. The van der Waals surface area contributed by atoms with Crippen molar-refractivity contribution in [3.05, 3.63) is 28.2 Å². The van der Waals surface area contributed by atoms with Crippen LogP contribution in [0.5, 0.6) is 5.75 Å². The zero-order valence-electron chi connectivity index (χ0n) is 13.4. The molecule has 0 aromatic heterocycles. The molecule has 0 bridgehead atoms. The predicted octanol–water partition coefficient (Wildman–Crippen LogP) is 4.95.